The molecule has 0 aliphatic carbocycles. The van der Waals surface area contributed by atoms with Gasteiger partial charge in [0.25, 0.3) is 0 Å². The molecule has 0 fully saturated rings. The average molecular weight is 247 g/mol. The van der Waals surface area contributed by atoms with Crippen LogP contribution in [-0.4, -0.2) is 26.9 Å². The van der Waals surface area contributed by atoms with Crippen molar-refractivity contribution >= 4 is 0 Å². The summed E-state index contributed by atoms with van der Waals surface area (Å²) in [5, 5.41) is 3.28. The first kappa shape index (κ1) is 11.4. The van der Waals surface area contributed by atoms with Crippen LogP contribution in [0, 0.1) is 0 Å². The van der Waals surface area contributed by atoms with Gasteiger partial charge in [-0.05, 0) is 30.8 Å². The molecule has 1 aromatic rings. The van der Waals surface area contributed by atoms with E-state index in [0.717, 1.165) is 35.8 Å². The Hall–Kier alpha value is -1.68. The first-order chi connectivity index (χ1) is 8.88. The number of hydrogen-bond donors (Lipinski definition) is 1. The lowest BCUT2D eigenvalue weighted by Crippen LogP contribution is -2.20. The van der Waals surface area contributed by atoms with E-state index in [1.807, 2.05) is 19.2 Å². The summed E-state index contributed by atoms with van der Waals surface area (Å²) >= 11 is 0. The van der Waals surface area contributed by atoms with Crippen LogP contribution in [0.5, 0.6) is 11.5 Å². The molecule has 0 aromatic heterocycles. The highest BCUT2D eigenvalue weighted by atomic mass is 16.6. The summed E-state index contributed by atoms with van der Waals surface area (Å²) in [4.78, 5) is 0. The second-order valence-corrected chi connectivity index (χ2v) is 4.37. The molecule has 96 valence electrons. The van der Waals surface area contributed by atoms with Crippen LogP contribution in [0.15, 0.2) is 30.0 Å². The van der Waals surface area contributed by atoms with Gasteiger partial charge in [0.05, 0.1) is 12.6 Å². The van der Waals surface area contributed by atoms with Crippen LogP contribution in [0.3, 0.4) is 0 Å². The molecule has 2 heterocycles. The van der Waals surface area contributed by atoms with Crippen LogP contribution < -0.4 is 14.8 Å². The highest BCUT2D eigenvalue weighted by Crippen LogP contribution is 2.35. The van der Waals surface area contributed by atoms with Crippen LogP contribution in [-0.2, 0) is 4.74 Å². The number of benzene rings is 1. The zero-order chi connectivity index (χ0) is 12.4. The molecule has 1 atom stereocenters. The molecular weight excluding hydrogens is 230 g/mol. The summed E-state index contributed by atoms with van der Waals surface area (Å²) < 4.78 is 16.8. The Kier molecular flexibility index (Phi) is 3.11. The van der Waals surface area contributed by atoms with E-state index in [1.54, 1.807) is 0 Å². The highest BCUT2D eigenvalue weighted by molar-refractivity contribution is 5.45. The van der Waals surface area contributed by atoms with Gasteiger partial charge < -0.3 is 19.5 Å². The number of likely N-dealkylation sites (N-methyl/N-ethyl adjacent to an activating group) is 1. The number of nitrogens with one attached hydrogen (secondary N) is 1. The van der Waals surface area contributed by atoms with Gasteiger partial charge in [-0.2, -0.15) is 0 Å². The lowest BCUT2D eigenvalue weighted by Gasteiger charge is -2.22. The summed E-state index contributed by atoms with van der Waals surface area (Å²) in [6.07, 6.45) is 3.12. The zero-order valence-corrected chi connectivity index (χ0v) is 10.4. The number of fused-ring (bicyclic) bond motifs is 1. The molecular formula is C14H17NO3. The van der Waals surface area contributed by atoms with Crippen LogP contribution in [0.1, 0.15) is 18.0 Å². The van der Waals surface area contributed by atoms with E-state index in [1.165, 1.54) is 0 Å². The van der Waals surface area contributed by atoms with Crippen molar-refractivity contribution in [3.8, 4) is 11.5 Å². The third kappa shape index (κ3) is 2.04. The van der Waals surface area contributed by atoms with E-state index in [9.17, 15) is 0 Å². The Morgan fingerprint density at radius 2 is 1.89 bits per heavy atom. The summed E-state index contributed by atoms with van der Waals surface area (Å²) in [6, 6.07) is 6.13. The lowest BCUT2D eigenvalue weighted by molar-refractivity contribution is 0.171. The Morgan fingerprint density at radius 1 is 1.06 bits per heavy atom. The number of ether oxygens (including phenoxy) is 3. The van der Waals surface area contributed by atoms with Crippen LogP contribution in [0.2, 0.25) is 0 Å². The Morgan fingerprint density at radius 3 is 2.61 bits per heavy atom. The summed E-state index contributed by atoms with van der Waals surface area (Å²) in [7, 11) is 1.93. The van der Waals surface area contributed by atoms with Gasteiger partial charge in [0.15, 0.2) is 11.5 Å². The molecule has 1 N–H and O–H groups in total. The van der Waals surface area contributed by atoms with Crippen molar-refractivity contribution in [3.63, 3.8) is 0 Å². The van der Waals surface area contributed by atoms with Crippen molar-refractivity contribution in [2.24, 2.45) is 0 Å². The van der Waals surface area contributed by atoms with Crippen molar-refractivity contribution in [2.45, 2.75) is 12.5 Å². The molecule has 3 rings (SSSR count). The minimum absolute atomic E-state index is 0.0864. The van der Waals surface area contributed by atoms with Crippen LogP contribution >= 0.6 is 0 Å². The Labute approximate surface area is 107 Å². The molecule has 0 saturated carbocycles. The van der Waals surface area contributed by atoms with E-state index in [-0.39, 0.29) is 6.04 Å². The third-order valence-corrected chi connectivity index (χ3v) is 3.20. The average Bonchev–Trinajstić information content (AvgIpc) is 2.93. The number of rotatable bonds is 3. The fourth-order valence-corrected chi connectivity index (χ4v) is 2.35. The minimum Gasteiger partial charge on any atom is -0.496 e. The summed E-state index contributed by atoms with van der Waals surface area (Å²) in [5.41, 5.74) is 1.13. The quantitative estimate of drug-likeness (QED) is 0.887. The van der Waals surface area contributed by atoms with Gasteiger partial charge in [-0.3, -0.25) is 0 Å². The molecule has 0 bridgehead atoms. The second-order valence-electron chi connectivity index (χ2n) is 4.37. The lowest BCUT2D eigenvalue weighted by atomic mass is 10.0. The molecule has 0 radical (unpaired) electrons. The fraction of sp³-hybridized carbons (Fsp3) is 0.429. The molecule has 1 aromatic carbocycles. The molecule has 4 nitrogen and oxygen atoms in total. The van der Waals surface area contributed by atoms with Gasteiger partial charge >= 0.3 is 0 Å². The predicted molar refractivity (Wildman–Crippen MR) is 67.9 cm³/mol. The van der Waals surface area contributed by atoms with Crippen molar-refractivity contribution in [1.82, 2.24) is 5.32 Å². The normalized spacial score (nSPS) is 19.1. The van der Waals surface area contributed by atoms with E-state index < -0.39 is 0 Å². The topological polar surface area (TPSA) is 39.7 Å². The van der Waals surface area contributed by atoms with Crippen molar-refractivity contribution < 1.29 is 14.2 Å². The summed E-state index contributed by atoms with van der Waals surface area (Å²) in [6.45, 7) is 2.01. The van der Waals surface area contributed by atoms with E-state index in [4.69, 9.17) is 14.2 Å². The largest absolute Gasteiger partial charge is 0.496 e. The first-order valence-electron chi connectivity index (χ1n) is 6.28. The van der Waals surface area contributed by atoms with Gasteiger partial charge in [-0.1, -0.05) is 6.07 Å². The molecule has 18 heavy (non-hydrogen) atoms. The van der Waals surface area contributed by atoms with Gasteiger partial charge in [0.2, 0.25) is 0 Å². The molecule has 2 aliphatic rings. The zero-order valence-electron chi connectivity index (χ0n) is 10.4. The fourth-order valence-electron chi connectivity index (χ4n) is 2.35. The maximum Gasteiger partial charge on any atom is 0.161 e. The molecule has 0 amide bonds. The standard InChI is InChI=1S/C14H17NO3/c1-15-14(12-3-2-6-16-12)10-4-5-11-13(9-10)18-8-7-17-11/h3-5,9,14-15H,2,6-8H2,1H3. The first-order valence-corrected chi connectivity index (χ1v) is 6.28. The van der Waals surface area contributed by atoms with Crippen molar-refractivity contribution in [3.05, 3.63) is 35.6 Å². The second kappa shape index (κ2) is 4.90. The van der Waals surface area contributed by atoms with Crippen LogP contribution in [0.4, 0.5) is 0 Å². The molecule has 1 unspecified atom stereocenters. The Balaban J connectivity index is 1.90. The molecule has 2 aliphatic heterocycles. The molecule has 0 saturated heterocycles. The predicted octanol–water partition coefficient (Wildman–Crippen LogP) is 2.02. The smallest absolute Gasteiger partial charge is 0.161 e. The van der Waals surface area contributed by atoms with Crippen LogP contribution in [0.25, 0.3) is 0 Å². The maximum absolute atomic E-state index is 5.63. The van der Waals surface area contributed by atoms with E-state index in [0.29, 0.717) is 13.2 Å². The molecule has 0 spiro atoms. The molecule has 4 heteroatoms. The monoisotopic (exact) mass is 247 g/mol. The van der Waals surface area contributed by atoms with Crippen molar-refractivity contribution in [1.29, 1.82) is 0 Å². The number of hydrogen-bond acceptors (Lipinski definition) is 4. The highest BCUT2D eigenvalue weighted by Gasteiger charge is 2.21. The third-order valence-electron chi connectivity index (χ3n) is 3.20. The van der Waals surface area contributed by atoms with Gasteiger partial charge in [0.1, 0.15) is 19.0 Å². The maximum atomic E-state index is 5.63. The van der Waals surface area contributed by atoms with Gasteiger partial charge in [-0.15, -0.1) is 0 Å². The Bertz CT molecular complexity index is 470. The SMILES string of the molecule is CNC(C1=CCCO1)c1ccc2c(c1)OCCO2. The van der Waals surface area contributed by atoms with Crippen molar-refractivity contribution in [2.75, 3.05) is 26.9 Å². The van der Waals surface area contributed by atoms with E-state index in [2.05, 4.69) is 17.5 Å². The van der Waals surface area contributed by atoms with E-state index >= 15 is 0 Å². The van der Waals surface area contributed by atoms with Gasteiger partial charge in [-0.25, -0.2) is 0 Å². The van der Waals surface area contributed by atoms with Gasteiger partial charge in [0, 0.05) is 6.42 Å². The summed E-state index contributed by atoms with van der Waals surface area (Å²) in [5.74, 6) is 2.63. The minimum atomic E-state index is 0.0864.